The van der Waals surface area contributed by atoms with E-state index in [4.69, 9.17) is 0 Å². The summed E-state index contributed by atoms with van der Waals surface area (Å²) in [5, 5.41) is 0. The van der Waals surface area contributed by atoms with Crippen molar-refractivity contribution in [2.75, 3.05) is 0 Å². The van der Waals surface area contributed by atoms with Gasteiger partial charge in [0.2, 0.25) is 0 Å². The Bertz CT molecular complexity index is 836. The monoisotopic (exact) mass is 577 g/mol. The standard InChI is InChI=1S/C40H68Si/c1-5-7-33-12-14-34(15-13-33)16-17-35-20-26-39(27-21-35)41(4,38-24-10-31(2)11-25-38)40-28-22-36(23-29-40)18-19-37-9-6-8-32(3)30-37/h5,7,16-19,31-40H,6,8-15,20-30H2,1-4H3. The van der Waals surface area contributed by atoms with Gasteiger partial charge in [-0.05, 0) is 129 Å². The summed E-state index contributed by atoms with van der Waals surface area (Å²) >= 11 is 0. The second kappa shape index (κ2) is 15.4. The van der Waals surface area contributed by atoms with Crippen LogP contribution in [0.1, 0.15) is 149 Å². The van der Waals surface area contributed by atoms with Crippen LogP contribution in [-0.2, 0) is 0 Å². The predicted molar refractivity (Wildman–Crippen MR) is 184 cm³/mol. The van der Waals surface area contributed by atoms with Gasteiger partial charge in [-0.25, -0.2) is 0 Å². The van der Waals surface area contributed by atoms with Crippen LogP contribution >= 0.6 is 0 Å². The van der Waals surface area contributed by atoms with E-state index in [0.717, 1.165) is 58.0 Å². The van der Waals surface area contributed by atoms with Crippen LogP contribution in [0.25, 0.3) is 0 Å². The van der Waals surface area contributed by atoms with E-state index in [0.29, 0.717) is 0 Å². The number of rotatable bonds is 8. The van der Waals surface area contributed by atoms with Gasteiger partial charge in [0.25, 0.3) is 0 Å². The van der Waals surface area contributed by atoms with Crippen LogP contribution in [0.3, 0.4) is 0 Å². The Labute approximate surface area is 257 Å². The van der Waals surface area contributed by atoms with Crippen molar-refractivity contribution >= 4 is 8.07 Å². The summed E-state index contributed by atoms with van der Waals surface area (Å²) in [7, 11) is -1.33. The van der Waals surface area contributed by atoms with Crippen molar-refractivity contribution in [1.82, 2.24) is 0 Å². The molecule has 41 heavy (non-hydrogen) atoms. The lowest BCUT2D eigenvalue weighted by Gasteiger charge is -2.53. The third-order valence-electron chi connectivity index (χ3n) is 13.8. The molecule has 0 aromatic heterocycles. The minimum atomic E-state index is -1.33. The minimum Gasteiger partial charge on any atom is -0.0914 e. The van der Waals surface area contributed by atoms with Gasteiger partial charge in [0.05, 0.1) is 8.07 Å². The largest absolute Gasteiger partial charge is 0.0914 e. The van der Waals surface area contributed by atoms with Crippen molar-refractivity contribution in [3.05, 3.63) is 36.5 Å². The molecule has 0 saturated heterocycles. The zero-order valence-electron chi connectivity index (χ0n) is 27.9. The fraction of sp³-hybridized carbons (Fsp3) is 0.850. The molecule has 0 nitrogen and oxygen atoms in total. The van der Waals surface area contributed by atoms with Crippen LogP contribution in [0.4, 0.5) is 0 Å². The highest BCUT2D eigenvalue weighted by Crippen LogP contribution is 2.58. The van der Waals surface area contributed by atoms with E-state index >= 15 is 0 Å². The Morgan fingerprint density at radius 2 is 0.805 bits per heavy atom. The first-order valence-corrected chi connectivity index (χ1v) is 21.7. The van der Waals surface area contributed by atoms with E-state index in [1.54, 1.807) is 38.5 Å². The van der Waals surface area contributed by atoms with Crippen molar-refractivity contribution in [2.24, 2.45) is 41.4 Å². The van der Waals surface area contributed by atoms with Gasteiger partial charge < -0.3 is 0 Å². The van der Waals surface area contributed by atoms with Gasteiger partial charge in [-0.2, -0.15) is 0 Å². The summed E-state index contributed by atoms with van der Waals surface area (Å²) in [6.45, 7) is 10.2. The zero-order valence-corrected chi connectivity index (χ0v) is 28.9. The van der Waals surface area contributed by atoms with Crippen LogP contribution in [0.5, 0.6) is 0 Å². The SMILES string of the molecule is CC=CC1CCC(C=CC2CCC([Si](C)(C3CCC(C)CC3)C3CCC(C=CC4CCCC(C)C4)CC3)CC2)CC1. The third kappa shape index (κ3) is 8.54. The quantitative estimate of drug-likeness (QED) is 0.199. The van der Waals surface area contributed by atoms with Crippen LogP contribution in [0.15, 0.2) is 36.5 Å². The lowest BCUT2D eigenvalue weighted by molar-refractivity contribution is 0.321. The molecule has 3 unspecified atom stereocenters. The normalized spacial score (nSPS) is 43.0. The highest BCUT2D eigenvalue weighted by molar-refractivity contribution is 6.82. The Morgan fingerprint density at radius 1 is 0.415 bits per heavy atom. The molecule has 0 aromatic carbocycles. The van der Waals surface area contributed by atoms with E-state index in [-0.39, 0.29) is 0 Å². The van der Waals surface area contributed by atoms with Gasteiger partial charge in [-0.15, -0.1) is 0 Å². The molecule has 0 heterocycles. The first-order valence-electron chi connectivity index (χ1n) is 18.9. The molecule has 0 bridgehead atoms. The third-order valence-corrected chi connectivity index (χ3v) is 20.8. The molecule has 0 N–H and O–H groups in total. The molecule has 0 radical (unpaired) electrons. The molecule has 5 saturated carbocycles. The van der Waals surface area contributed by atoms with Crippen molar-refractivity contribution in [2.45, 2.75) is 172 Å². The molecule has 0 aliphatic heterocycles. The Kier molecular flexibility index (Phi) is 12.0. The molecule has 1 heteroatoms. The molecule has 0 aromatic rings. The van der Waals surface area contributed by atoms with E-state index in [9.17, 15) is 0 Å². The molecule has 5 rings (SSSR count). The molecule has 232 valence electrons. The van der Waals surface area contributed by atoms with Crippen molar-refractivity contribution in [3.8, 4) is 0 Å². The smallest absolute Gasteiger partial charge is 0.0598 e. The van der Waals surface area contributed by atoms with Crippen LogP contribution < -0.4 is 0 Å². The second-order valence-corrected chi connectivity index (χ2v) is 21.7. The number of allylic oxidation sites excluding steroid dienone is 6. The average Bonchev–Trinajstić information content (AvgIpc) is 3.00. The summed E-state index contributed by atoms with van der Waals surface area (Å²) < 4.78 is 0. The van der Waals surface area contributed by atoms with E-state index in [2.05, 4.69) is 63.8 Å². The predicted octanol–water partition coefficient (Wildman–Crippen LogP) is 13.1. The van der Waals surface area contributed by atoms with Gasteiger partial charge in [0.15, 0.2) is 0 Å². The summed E-state index contributed by atoms with van der Waals surface area (Å²) in [5.74, 6) is 6.32. The molecular formula is C40H68Si. The topological polar surface area (TPSA) is 0 Å². The van der Waals surface area contributed by atoms with Crippen molar-refractivity contribution < 1.29 is 0 Å². The molecule has 3 atom stereocenters. The number of hydrogen-bond donors (Lipinski definition) is 0. The lowest BCUT2D eigenvalue weighted by Crippen LogP contribution is -2.49. The fourth-order valence-electron chi connectivity index (χ4n) is 10.8. The van der Waals surface area contributed by atoms with E-state index in [1.165, 1.54) is 89.9 Å². The summed E-state index contributed by atoms with van der Waals surface area (Å²) in [4.78, 5) is 0. The first kappa shape index (κ1) is 31.8. The molecule has 0 amide bonds. The minimum absolute atomic E-state index is 0.859. The molecular weight excluding hydrogens is 509 g/mol. The average molecular weight is 577 g/mol. The van der Waals surface area contributed by atoms with Crippen molar-refractivity contribution in [3.63, 3.8) is 0 Å². The highest BCUT2D eigenvalue weighted by atomic mass is 28.3. The zero-order chi connectivity index (χ0) is 28.7. The number of hydrogen-bond acceptors (Lipinski definition) is 0. The maximum atomic E-state index is 2.97. The van der Waals surface area contributed by atoms with Gasteiger partial charge >= 0.3 is 0 Å². The van der Waals surface area contributed by atoms with Crippen LogP contribution in [0, 0.1) is 41.4 Å². The summed E-state index contributed by atoms with van der Waals surface area (Å²) in [6.07, 6.45) is 45.5. The van der Waals surface area contributed by atoms with Gasteiger partial charge in [-0.1, -0.05) is 121 Å². The lowest BCUT2D eigenvalue weighted by atomic mass is 9.80. The summed E-state index contributed by atoms with van der Waals surface area (Å²) in [6, 6.07) is 0. The maximum absolute atomic E-state index is 2.97. The highest BCUT2D eigenvalue weighted by Gasteiger charge is 2.50. The Balaban J connectivity index is 1.16. The van der Waals surface area contributed by atoms with E-state index < -0.39 is 8.07 Å². The fourth-order valence-corrected chi connectivity index (χ4v) is 17.6. The summed E-state index contributed by atoms with van der Waals surface area (Å²) in [5.41, 5.74) is 3.36. The first-order chi connectivity index (χ1) is 19.9. The molecule has 5 aliphatic carbocycles. The Hall–Kier alpha value is -0.563. The van der Waals surface area contributed by atoms with Crippen LogP contribution in [0.2, 0.25) is 23.2 Å². The van der Waals surface area contributed by atoms with Crippen LogP contribution in [-0.4, -0.2) is 8.07 Å². The molecule has 5 fully saturated rings. The van der Waals surface area contributed by atoms with Gasteiger partial charge in [-0.3, -0.25) is 0 Å². The van der Waals surface area contributed by atoms with E-state index in [1.807, 2.05) is 0 Å². The van der Waals surface area contributed by atoms with Gasteiger partial charge in [0.1, 0.15) is 0 Å². The maximum Gasteiger partial charge on any atom is 0.0598 e. The van der Waals surface area contributed by atoms with Gasteiger partial charge in [0, 0.05) is 0 Å². The molecule has 0 spiro atoms. The van der Waals surface area contributed by atoms with Crippen molar-refractivity contribution in [1.29, 1.82) is 0 Å². The Morgan fingerprint density at radius 3 is 1.24 bits per heavy atom. The molecule has 5 aliphatic rings. The second-order valence-electron chi connectivity index (χ2n) is 16.5.